The SMILES string of the molecule is CC(CN(c1ccc(Br)cc1)C(C)C)C(=O)O. The third kappa shape index (κ3) is 4.04. The van der Waals surface area contributed by atoms with Gasteiger partial charge in [-0.05, 0) is 38.1 Å². The van der Waals surface area contributed by atoms with Crippen LogP contribution in [0.4, 0.5) is 5.69 Å². The summed E-state index contributed by atoms with van der Waals surface area (Å²) in [6, 6.07) is 8.21. The van der Waals surface area contributed by atoms with E-state index in [1.807, 2.05) is 24.3 Å². The number of hydrogen-bond acceptors (Lipinski definition) is 2. The van der Waals surface area contributed by atoms with Crippen molar-refractivity contribution < 1.29 is 9.90 Å². The molecule has 1 aromatic carbocycles. The maximum Gasteiger partial charge on any atom is 0.308 e. The summed E-state index contributed by atoms with van der Waals surface area (Å²) in [5.74, 6) is -1.13. The molecule has 3 nitrogen and oxygen atoms in total. The van der Waals surface area contributed by atoms with E-state index in [0.29, 0.717) is 6.54 Å². The summed E-state index contributed by atoms with van der Waals surface area (Å²) in [6.45, 7) is 6.39. The van der Waals surface area contributed by atoms with Crippen molar-refractivity contribution in [2.45, 2.75) is 26.8 Å². The first-order valence-corrected chi connectivity index (χ1v) is 6.46. The van der Waals surface area contributed by atoms with Crippen molar-refractivity contribution in [3.63, 3.8) is 0 Å². The molecule has 0 aromatic heterocycles. The summed E-state index contributed by atoms with van der Waals surface area (Å²) in [4.78, 5) is 13.0. The zero-order chi connectivity index (χ0) is 13.0. The molecule has 1 aromatic rings. The molecule has 0 heterocycles. The summed E-state index contributed by atoms with van der Waals surface area (Å²) in [6.07, 6.45) is 0. The number of hydrogen-bond donors (Lipinski definition) is 1. The first kappa shape index (κ1) is 14.0. The van der Waals surface area contributed by atoms with E-state index in [9.17, 15) is 4.79 Å². The molecule has 0 aliphatic rings. The van der Waals surface area contributed by atoms with Crippen LogP contribution in [-0.4, -0.2) is 23.7 Å². The van der Waals surface area contributed by atoms with E-state index >= 15 is 0 Å². The van der Waals surface area contributed by atoms with E-state index in [1.165, 1.54) is 0 Å². The highest BCUT2D eigenvalue weighted by molar-refractivity contribution is 9.10. The van der Waals surface area contributed by atoms with Crippen LogP contribution in [0.15, 0.2) is 28.7 Å². The normalized spacial score (nSPS) is 12.5. The minimum Gasteiger partial charge on any atom is -0.481 e. The van der Waals surface area contributed by atoms with Gasteiger partial charge in [0.25, 0.3) is 0 Å². The smallest absolute Gasteiger partial charge is 0.308 e. The molecule has 0 bridgehead atoms. The third-order valence-electron chi connectivity index (χ3n) is 2.67. The lowest BCUT2D eigenvalue weighted by atomic mass is 10.1. The summed E-state index contributed by atoms with van der Waals surface area (Å²) < 4.78 is 1.02. The standard InChI is InChI=1S/C13H18BrNO2/c1-9(2)15(8-10(3)13(16)17)12-6-4-11(14)5-7-12/h4-7,9-10H,8H2,1-3H3,(H,16,17). The molecular formula is C13H18BrNO2. The Hall–Kier alpha value is -1.03. The second-order valence-corrected chi connectivity index (χ2v) is 5.38. The molecule has 1 atom stereocenters. The molecule has 17 heavy (non-hydrogen) atoms. The average Bonchev–Trinajstić information content (AvgIpc) is 2.26. The molecule has 0 saturated carbocycles. The number of carboxylic acid groups (broad SMARTS) is 1. The number of carbonyl (C=O) groups is 1. The fourth-order valence-corrected chi connectivity index (χ4v) is 1.88. The Morgan fingerprint density at radius 3 is 2.24 bits per heavy atom. The third-order valence-corrected chi connectivity index (χ3v) is 3.20. The first-order valence-electron chi connectivity index (χ1n) is 5.67. The second-order valence-electron chi connectivity index (χ2n) is 4.46. The lowest BCUT2D eigenvalue weighted by Gasteiger charge is -2.30. The van der Waals surface area contributed by atoms with Crippen molar-refractivity contribution in [3.8, 4) is 0 Å². The van der Waals surface area contributed by atoms with Gasteiger partial charge in [0.1, 0.15) is 0 Å². The van der Waals surface area contributed by atoms with Gasteiger partial charge in [-0.15, -0.1) is 0 Å². The topological polar surface area (TPSA) is 40.5 Å². The van der Waals surface area contributed by atoms with E-state index in [-0.39, 0.29) is 12.0 Å². The average molecular weight is 300 g/mol. The van der Waals surface area contributed by atoms with Gasteiger partial charge in [0, 0.05) is 22.7 Å². The van der Waals surface area contributed by atoms with Crippen LogP contribution in [0.25, 0.3) is 0 Å². The van der Waals surface area contributed by atoms with Gasteiger partial charge in [-0.2, -0.15) is 0 Å². The molecule has 0 aliphatic heterocycles. The molecule has 1 rings (SSSR count). The molecule has 0 radical (unpaired) electrons. The molecule has 0 fully saturated rings. The quantitative estimate of drug-likeness (QED) is 0.906. The fraction of sp³-hybridized carbons (Fsp3) is 0.462. The molecule has 0 aliphatic carbocycles. The van der Waals surface area contributed by atoms with Crippen LogP contribution in [0.5, 0.6) is 0 Å². The van der Waals surface area contributed by atoms with Gasteiger partial charge in [0.15, 0.2) is 0 Å². The number of anilines is 1. The van der Waals surface area contributed by atoms with Crippen LogP contribution >= 0.6 is 15.9 Å². The summed E-state index contributed by atoms with van der Waals surface area (Å²) in [7, 11) is 0. The molecule has 1 N–H and O–H groups in total. The van der Waals surface area contributed by atoms with Crippen LogP contribution in [-0.2, 0) is 4.79 Å². The second kappa shape index (κ2) is 6.05. The van der Waals surface area contributed by atoms with Gasteiger partial charge in [0.2, 0.25) is 0 Å². The largest absolute Gasteiger partial charge is 0.481 e. The van der Waals surface area contributed by atoms with Gasteiger partial charge < -0.3 is 10.0 Å². The monoisotopic (exact) mass is 299 g/mol. The van der Waals surface area contributed by atoms with Gasteiger partial charge in [-0.25, -0.2) is 0 Å². The summed E-state index contributed by atoms with van der Waals surface area (Å²) in [5, 5.41) is 8.97. The summed E-state index contributed by atoms with van der Waals surface area (Å²) in [5.41, 5.74) is 1.05. The van der Waals surface area contributed by atoms with Crippen LogP contribution in [0.3, 0.4) is 0 Å². The zero-order valence-electron chi connectivity index (χ0n) is 10.4. The minimum absolute atomic E-state index is 0.276. The lowest BCUT2D eigenvalue weighted by molar-refractivity contribution is -0.140. The van der Waals surface area contributed by atoms with Crippen LogP contribution in [0.1, 0.15) is 20.8 Å². The van der Waals surface area contributed by atoms with Crippen LogP contribution < -0.4 is 4.90 Å². The molecule has 4 heteroatoms. The Bertz CT molecular complexity index is 376. The van der Waals surface area contributed by atoms with Gasteiger partial charge in [-0.3, -0.25) is 4.79 Å². The molecular weight excluding hydrogens is 282 g/mol. The summed E-state index contributed by atoms with van der Waals surface area (Å²) >= 11 is 3.39. The Morgan fingerprint density at radius 1 is 1.29 bits per heavy atom. The number of aliphatic carboxylic acids is 1. The maximum atomic E-state index is 10.9. The van der Waals surface area contributed by atoms with Crippen molar-refractivity contribution in [2.75, 3.05) is 11.4 Å². The van der Waals surface area contributed by atoms with Crippen LogP contribution in [0, 0.1) is 5.92 Å². The van der Waals surface area contributed by atoms with Crippen LogP contribution in [0.2, 0.25) is 0 Å². The van der Waals surface area contributed by atoms with Crippen molar-refractivity contribution in [3.05, 3.63) is 28.7 Å². The highest BCUT2D eigenvalue weighted by atomic mass is 79.9. The van der Waals surface area contributed by atoms with Crippen molar-refractivity contribution >= 4 is 27.6 Å². The highest BCUT2D eigenvalue weighted by Crippen LogP contribution is 2.21. The van der Waals surface area contributed by atoms with E-state index in [0.717, 1.165) is 10.2 Å². The Morgan fingerprint density at radius 2 is 1.82 bits per heavy atom. The Balaban J connectivity index is 2.86. The predicted octanol–water partition coefficient (Wildman–Crippen LogP) is 3.38. The van der Waals surface area contributed by atoms with Gasteiger partial charge in [0.05, 0.1) is 5.92 Å². The zero-order valence-corrected chi connectivity index (χ0v) is 11.9. The van der Waals surface area contributed by atoms with E-state index in [2.05, 4.69) is 34.7 Å². The molecule has 0 amide bonds. The van der Waals surface area contributed by atoms with Gasteiger partial charge >= 0.3 is 5.97 Å². The van der Waals surface area contributed by atoms with Crippen molar-refractivity contribution in [1.29, 1.82) is 0 Å². The van der Waals surface area contributed by atoms with Crippen molar-refractivity contribution in [1.82, 2.24) is 0 Å². The molecule has 0 saturated heterocycles. The van der Waals surface area contributed by atoms with E-state index < -0.39 is 5.97 Å². The van der Waals surface area contributed by atoms with Gasteiger partial charge in [-0.1, -0.05) is 22.9 Å². The highest BCUT2D eigenvalue weighted by Gasteiger charge is 2.18. The minimum atomic E-state index is -0.757. The number of benzene rings is 1. The number of carboxylic acids is 1. The fourth-order valence-electron chi connectivity index (χ4n) is 1.62. The molecule has 94 valence electrons. The molecule has 0 spiro atoms. The number of nitrogens with zero attached hydrogens (tertiary/aromatic N) is 1. The Kier molecular flexibility index (Phi) is 5.00. The van der Waals surface area contributed by atoms with Crippen molar-refractivity contribution in [2.24, 2.45) is 5.92 Å². The Labute approximate surface area is 111 Å². The molecule has 1 unspecified atom stereocenters. The van der Waals surface area contributed by atoms with E-state index in [4.69, 9.17) is 5.11 Å². The number of rotatable bonds is 5. The number of halogens is 1. The first-order chi connectivity index (χ1) is 7.91. The lowest BCUT2D eigenvalue weighted by Crippen LogP contribution is -2.36. The van der Waals surface area contributed by atoms with E-state index in [1.54, 1.807) is 6.92 Å². The predicted molar refractivity (Wildman–Crippen MR) is 73.4 cm³/mol. The maximum absolute atomic E-state index is 10.9.